The first-order valence-corrected chi connectivity index (χ1v) is 12.3. The molecule has 32 heavy (non-hydrogen) atoms. The molecule has 1 aliphatic rings. The molecule has 0 aliphatic carbocycles. The standard InChI is InChI=1S/C25H28N6S/c1-30-22(11-14-27-30)24-20-8-4-5-9-21(20)25(29-28-24)31-15-12-19(13-16-31)26-17-18-7-3-6-10-23(18)32-2/h3-11,14,19,26H,12-13,15-17H2,1-2H3. The Morgan fingerprint density at radius 2 is 1.72 bits per heavy atom. The second-order valence-corrected chi connectivity index (χ2v) is 9.06. The average Bonchev–Trinajstić information content (AvgIpc) is 3.28. The molecule has 164 valence electrons. The van der Waals surface area contributed by atoms with Crippen LogP contribution in [0, 0.1) is 0 Å². The first-order valence-electron chi connectivity index (χ1n) is 11.1. The number of nitrogens with zero attached hydrogens (tertiary/aromatic N) is 5. The van der Waals surface area contributed by atoms with Crippen molar-refractivity contribution >= 4 is 28.4 Å². The summed E-state index contributed by atoms with van der Waals surface area (Å²) in [5.74, 6) is 0.984. The van der Waals surface area contributed by atoms with Crippen LogP contribution in [0.4, 0.5) is 5.82 Å². The van der Waals surface area contributed by atoms with Gasteiger partial charge in [0.05, 0.1) is 5.69 Å². The van der Waals surface area contributed by atoms with E-state index in [9.17, 15) is 0 Å². The Labute approximate surface area is 193 Å². The van der Waals surface area contributed by atoms with Crippen LogP contribution < -0.4 is 10.2 Å². The number of hydrogen-bond donors (Lipinski definition) is 1. The second-order valence-electron chi connectivity index (χ2n) is 8.21. The molecule has 0 bridgehead atoms. The summed E-state index contributed by atoms with van der Waals surface area (Å²) in [6.07, 6.45) is 6.14. The number of piperidine rings is 1. The third-order valence-electron chi connectivity index (χ3n) is 6.30. The third-order valence-corrected chi connectivity index (χ3v) is 7.14. The van der Waals surface area contributed by atoms with Crippen LogP contribution in [0.5, 0.6) is 0 Å². The predicted octanol–water partition coefficient (Wildman–Crippen LogP) is 4.51. The van der Waals surface area contributed by atoms with E-state index in [1.165, 1.54) is 10.5 Å². The molecule has 1 N–H and O–H groups in total. The fourth-order valence-corrected chi connectivity index (χ4v) is 5.13. The van der Waals surface area contributed by atoms with Gasteiger partial charge in [0.2, 0.25) is 0 Å². The van der Waals surface area contributed by atoms with Crippen molar-refractivity contribution in [1.82, 2.24) is 25.3 Å². The molecule has 0 radical (unpaired) electrons. The van der Waals surface area contributed by atoms with Gasteiger partial charge in [-0.15, -0.1) is 22.0 Å². The van der Waals surface area contributed by atoms with Crippen LogP contribution in [0.2, 0.25) is 0 Å². The molecule has 4 aromatic rings. The van der Waals surface area contributed by atoms with E-state index >= 15 is 0 Å². The zero-order valence-electron chi connectivity index (χ0n) is 18.5. The molecule has 2 aromatic carbocycles. The Morgan fingerprint density at radius 1 is 0.969 bits per heavy atom. The minimum atomic E-state index is 0.522. The van der Waals surface area contributed by atoms with Crippen molar-refractivity contribution in [3.8, 4) is 11.4 Å². The van der Waals surface area contributed by atoms with Gasteiger partial charge in [-0.2, -0.15) is 5.10 Å². The highest BCUT2D eigenvalue weighted by atomic mass is 32.2. The Morgan fingerprint density at radius 3 is 2.47 bits per heavy atom. The highest BCUT2D eigenvalue weighted by Gasteiger charge is 2.23. The van der Waals surface area contributed by atoms with Gasteiger partial charge >= 0.3 is 0 Å². The van der Waals surface area contributed by atoms with Crippen LogP contribution in [-0.2, 0) is 13.6 Å². The number of hydrogen-bond acceptors (Lipinski definition) is 6. The van der Waals surface area contributed by atoms with Crippen LogP contribution in [0.15, 0.2) is 65.7 Å². The molecule has 6 nitrogen and oxygen atoms in total. The van der Waals surface area contributed by atoms with Gasteiger partial charge in [-0.3, -0.25) is 4.68 Å². The van der Waals surface area contributed by atoms with Crippen molar-refractivity contribution in [1.29, 1.82) is 0 Å². The summed E-state index contributed by atoms with van der Waals surface area (Å²) < 4.78 is 1.85. The zero-order valence-corrected chi connectivity index (χ0v) is 19.3. The monoisotopic (exact) mass is 444 g/mol. The SMILES string of the molecule is CSc1ccccc1CNC1CCN(c2nnc(-c3ccnn3C)c3ccccc23)CC1. The third kappa shape index (κ3) is 4.10. The van der Waals surface area contributed by atoms with Gasteiger partial charge in [0.15, 0.2) is 5.82 Å². The number of aromatic nitrogens is 4. The van der Waals surface area contributed by atoms with Crippen molar-refractivity contribution in [2.45, 2.75) is 30.3 Å². The first kappa shape index (κ1) is 21.0. The maximum Gasteiger partial charge on any atom is 0.159 e. The lowest BCUT2D eigenvalue weighted by atomic mass is 10.0. The molecule has 2 aromatic heterocycles. The molecule has 1 saturated heterocycles. The molecule has 0 atom stereocenters. The van der Waals surface area contributed by atoms with Crippen LogP contribution in [0.25, 0.3) is 22.2 Å². The molecule has 1 fully saturated rings. The topological polar surface area (TPSA) is 58.9 Å². The normalized spacial score (nSPS) is 14.9. The molecule has 0 spiro atoms. The average molecular weight is 445 g/mol. The number of anilines is 1. The van der Waals surface area contributed by atoms with Crippen LogP contribution >= 0.6 is 11.8 Å². The second kappa shape index (κ2) is 9.30. The van der Waals surface area contributed by atoms with Crippen LogP contribution in [-0.4, -0.2) is 45.4 Å². The number of rotatable bonds is 6. The summed E-state index contributed by atoms with van der Waals surface area (Å²) in [6.45, 7) is 2.88. The van der Waals surface area contributed by atoms with E-state index in [1.807, 2.05) is 29.6 Å². The fraction of sp³-hybridized carbons (Fsp3) is 0.320. The Bertz CT molecular complexity index is 1210. The molecule has 0 saturated carbocycles. The lowest BCUT2D eigenvalue weighted by molar-refractivity contribution is 0.411. The summed E-state index contributed by atoms with van der Waals surface area (Å²) in [5, 5.41) is 19.7. The fourth-order valence-electron chi connectivity index (χ4n) is 4.52. The molecule has 5 rings (SSSR count). The van der Waals surface area contributed by atoms with Gasteiger partial charge in [0.1, 0.15) is 5.69 Å². The largest absolute Gasteiger partial charge is 0.354 e. The van der Waals surface area contributed by atoms with Gasteiger partial charge in [-0.05, 0) is 36.8 Å². The lowest BCUT2D eigenvalue weighted by Crippen LogP contribution is -2.42. The van der Waals surface area contributed by atoms with E-state index in [4.69, 9.17) is 0 Å². The van der Waals surface area contributed by atoms with Gasteiger partial charge < -0.3 is 10.2 Å². The maximum atomic E-state index is 4.68. The summed E-state index contributed by atoms with van der Waals surface area (Å²) in [6, 6.07) is 19.6. The number of fused-ring (bicyclic) bond motifs is 1. The maximum absolute atomic E-state index is 4.68. The molecule has 0 amide bonds. The lowest BCUT2D eigenvalue weighted by Gasteiger charge is -2.33. The molecule has 1 aliphatic heterocycles. The number of thioether (sulfide) groups is 1. The number of benzene rings is 2. The quantitative estimate of drug-likeness (QED) is 0.442. The van der Waals surface area contributed by atoms with E-state index in [2.05, 4.69) is 80.3 Å². The summed E-state index contributed by atoms with van der Waals surface area (Å²) in [4.78, 5) is 3.74. The molecule has 7 heteroatoms. The van der Waals surface area contributed by atoms with Crippen molar-refractivity contribution in [2.24, 2.45) is 7.05 Å². The Hall–Kier alpha value is -2.90. The Balaban J connectivity index is 1.31. The highest BCUT2D eigenvalue weighted by Crippen LogP contribution is 2.32. The van der Waals surface area contributed by atoms with Gasteiger partial charge in [0, 0.05) is 54.6 Å². The van der Waals surface area contributed by atoms with Gasteiger partial charge in [0.25, 0.3) is 0 Å². The zero-order chi connectivity index (χ0) is 21.9. The van der Waals surface area contributed by atoms with Gasteiger partial charge in [-0.25, -0.2) is 0 Å². The molecule has 0 unspecified atom stereocenters. The summed E-state index contributed by atoms with van der Waals surface area (Å²) >= 11 is 1.81. The molecular weight excluding hydrogens is 416 g/mol. The van der Waals surface area contributed by atoms with Crippen molar-refractivity contribution in [2.75, 3.05) is 24.2 Å². The van der Waals surface area contributed by atoms with E-state index in [0.29, 0.717) is 6.04 Å². The molecule has 3 heterocycles. The van der Waals surface area contributed by atoms with E-state index < -0.39 is 0 Å². The van der Waals surface area contributed by atoms with E-state index in [-0.39, 0.29) is 0 Å². The van der Waals surface area contributed by atoms with Crippen molar-refractivity contribution in [3.05, 3.63) is 66.4 Å². The van der Waals surface area contributed by atoms with E-state index in [1.54, 1.807) is 6.20 Å². The predicted molar refractivity (Wildman–Crippen MR) is 132 cm³/mol. The number of nitrogens with one attached hydrogen (secondary N) is 1. The van der Waals surface area contributed by atoms with Crippen molar-refractivity contribution < 1.29 is 0 Å². The van der Waals surface area contributed by atoms with Crippen LogP contribution in [0.3, 0.4) is 0 Å². The minimum Gasteiger partial charge on any atom is -0.354 e. The van der Waals surface area contributed by atoms with Crippen LogP contribution in [0.1, 0.15) is 18.4 Å². The summed E-state index contributed by atoms with van der Waals surface area (Å²) in [5.41, 5.74) is 3.24. The van der Waals surface area contributed by atoms with Gasteiger partial charge in [-0.1, -0.05) is 42.5 Å². The molecular formula is C25H28N6S. The number of aryl methyl sites for hydroxylation is 1. The minimum absolute atomic E-state index is 0.522. The van der Waals surface area contributed by atoms with E-state index in [0.717, 1.165) is 60.5 Å². The highest BCUT2D eigenvalue weighted by molar-refractivity contribution is 7.98. The smallest absolute Gasteiger partial charge is 0.159 e. The Kier molecular flexibility index (Phi) is 6.10. The first-order chi connectivity index (χ1) is 15.7. The van der Waals surface area contributed by atoms with Crippen molar-refractivity contribution in [3.63, 3.8) is 0 Å². The summed E-state index contributed by atoms with van der Waals surface area (Å²) in [7, 11) is 1.94.